The first kappa shape index (κ1) is 16.2. The molecule has 0 aliphatic carbocycles. The molecule has 0 N–H and O–H groups in total. The summed E-state index contributed by atoms with van der Waals surface area (Å²) in [6.45, 7) is 2.07. The van der Waals surface area contributed by atoms with E-state index in [9.17, 15) is 4.79 Å². The minimum atomic E-state index is -0.0532. The number of hydrogen-bond donors (Lipinski definition) is 0. The van der Waals surface area contributed by atoms with E-state index >= 15 is 0 Å². The fourth-order valence-corrected chi connectivity index (χ4v) is 3.51. The van der Waals surface area contributed by atoms with Crippen LogP contribution in [-0.4, -0.2) is 15.6 Å². The summed E-state index contributed by atoms with van der Waals surface area (Å²) in [6, 6.07) is 16.5. The van der Waals surface area contributed by atoms with Crippen LogP contribution in [0, 0.1) is 0 Å². The van der Waals surface area contributed by atoms with Crippen molar-refractivity contribution in [1.82, 2.24) is 0 Å². The molecular weight excluding hydrogens is 396 g/mol. The number of rotatable bonds is 6. The number of halogens is 2. The Balaban J connectivity index is 2.04. The molecule has 2 atom stereocenters. The molecule has 2 aromatic carbocycles. The Bertz CT molecular complexity index is 579. The van der Waals surface area contributed by atoms with E-state index in [0.29, 0.717) is 16.0 Å². The van der Waals surface area contributed by atoms with E-state index in [2.05, 4.69) is 38.8 Å². The van der Waals surface area contributed by atoms with Gasteiger partial charge in [0.1, 0.15) is 5.75 Å². The lowest BCUT2D eigenvalue weighted by Crippen LogP contribution is -2.12. The van der Waals surface area contributed by atoms with Crippen LogP contribution in [0.5, 0.6) is 5.75 Å². The van der Waals surface area contributed by atoms with Crippen molar-refractivity contribution in [3.8, 4) is 5.75 Å². The SMILES string of the molecule is CC(Br)CC(Br)Oc1ccc(C(=O)c2ccccc2)cc1. The predicted octanol–water partition coefficient (Wildman–Crippen LogP) is 5.19. The standard InChI is InChI=1S/C17H16Br2O2/c1-12(18)11-16(19)21-15-9-7-14(8-10-15)17(20)13-5-3-2-4-6-13/h2-10,12,16H,11H2,1H3. The Morgan fingerprint density at radius 2 is 1.57 bits per heavy atom. The first-order valence-electron chi connectivity index (χ1n) is 6.71. The van der Waals surface area contributed by atoms with E-state index in [1.54, 1.807) is 12.1 Å². The zero-order valence-corrected chi connectivity index (χ0v) is 14.8. The second kappa shape index (κ2) is 7.76. The molecule has 0 aliphatic heterocycles. The molecular formula is C17H16Br2O2. The van der Waals surface area contributed by atoms with Gasteiger partial charge in [-0.2, -0.15) is 0 Å². The molecule has 0 heterocycles. The molecule has 0 aliphatic rings. The van der Waals surface area contributed by atoms with Gasteiger partial charge in [0.05, 0.1) is 0 Å². The summed E-state index contributed by atoms with van der Waals surface area (Å²) in [5.41, 5.74) is 1.35. The number of alkyl halides is 2. The van der Waals surface area contributed by atoms with Crippen LogP contribution in [0.1, 0.15) is 29.3 Å². The molecule has 2 aromatic rings. The average Bonchev–Trinajstić information content (AvgIpc) is 2.47. The van der Waals surface area contributed by atoms with E-state index in [1.807, 2.05) is 42.5 Å². The van der Waals surface area contributed by atoms with Crippen molar-refractivity contribution in [3.05, 3.63) is 65.7 Å². The molecule has 0 bridgehead atoms. The number of benzene rings is 2. The lowest BCUT2D eigenvalue weighted by atomic mass is 10.0. The Labute approximate surface area is 141 Å². The molecule has 0 amide bonds. The van der Waals surface area contributed by atoms with Crippen molar-refractivity contribution in [1.29, 1.82) is 0 Å². The summed E-state index contributed by atoms with van der Waals surface area (Å²) in [6.07, 6.45) is 0.852. The normalized spacial score (nSPS) is 13.5. The quantitative estimate of drug-likeness (QED) is 0.482. The highest BCUT2D eigenvalue weighted by molar-refractivity contribution is 9.10. The van der Waals surface area contributed by atoms with Gasteiger partial charge in [-0.1, -0.05) is 53.2 Å². The highest BCUT2D eigenvalue weighted by atomic mass is 79.9. The van der Waals surface area contributed by atoms with Gasteiger partial charge in [0.25, 0.3) is 0 Å². The summed E-state index contributed by atoms with van der Waals surface area (Å²) in [5.74, 6) is 0.765. The maximum Gasteiger partial charge on any atom is 0.193 e. The minimum absolute atomic E-state index is 0.0200. The first-order valence-corrected chi connectivity index (χ1v) is 8.54. The van der Waals surface area contributed by atoms with Crippen molar-refractivity contribution >= 4 is 37.6 Å². The van der Waals surface area contributed by atoms with Crippen molar-refractivity contribution in [2.45, 2.75) is 23.2 Å². The molecule has 0 saturated heterocycles. The van der Waals surface area contributed by atoms with Crippen LogP contribution in [0.4, 0.5) is 0 Å². The zero-order valence-electron chi connectivity index (χ0n) is 11.6. The topological polar surface area (TPSA) is 26.3 Å². The fraction of sp³-hybridized carbons (Fsp3) is 0.235. The van der Waals surface area contributed by atoms with Crippen LogP contribution in [0.25, 0.3) is 0 Å². The Morgan fingerprint density at radius 3 is 2.14 bits per heavy atom. The number of ether oxygens (including phenoxy) is 1. The van der Waals surface area contributed by atoms with Gasteiger partial charge in [0, 0.05) is 22.4 Å². The van der Waals surface area contributed by atoms with Crippen molar-refractivity contribution in [2.75, 3.05) is 0 Å². The highest BCUT2D eigenvalue weighted by Gasteiger charge is 2.11. The highest BCUT2D eigenvalue weighted by Crippen LogP contribution is 2.21. The minimum Gasteiger partial charge on any atom is -0.479 e. The van der Waals surface area contributed by atoms with Crippen molar-refractivity contribution in [3.63, 3.8) is 0 Å². The fourth-order valence-electron chi connectivity index (χ4n) is 1.89. The van der Waals surface area contributed by atoms with E-state index in [1.165, 1.54) is 0 Å². The van der Waals surface area contributed by atoms with Crippen LogP contribution >= 0.6 is 31.9 Å². The molecule has 0 saturated carbocycles. The van der Waals surface area contributed by atoms with Crippen molar-refractivity contribution < 1.29 is 9.53 Å². The van der Waals surface area contributed by atoms with Gasteiger partial charge in [-0.05, 0) is 40.2 Å². The summed E-state index contributed by atoms with van der Waals surface area (Å²) < 4.78 is 5.74. The molecule has 0 aromatic heterocycles. The van der Waals surface area contributed by atoms with Gasteiger partial charge >= 0.3 is 0 Å². The third kappa shape index (κ3) is 4.97. The van der Waals surface area contributed by atoms with Gasteiger partial charge in [-0.15, -0.1) is 0 Å². The predicted molar refractivity (Wildman–Crippen MR) is 92.7 cm³/mol. The van der Waals surface area contributed by atoms with Gasteiger partial charge in [0.15, 0.2) is 10.8 Å². The Morgan fingerprint density at radius 1 is 1.00 bits per heavy atom. The summed E-state index contributed by atoms with van der Waals surface area (Å²) in [5, 5.41) is -0.0532. The van der Waals surface area contributed by atoms with Crippen LogP contribution in [0.2, 0.25) is 0 Å². The third-order valence-electron chi connectivity index (χ3n) is 2.93. The number of carbonyl (C=O) groups is 1. The van der Waals surface area contributed by atoms with Gasteiger partial charge in [0.2, 0.25) is 0 Å². The van der Waals surface area contributed by atoms with E-state index in [-0.39, 0.29) is 10.8 Å². The van der Waals surface area contributed by atoms with Crippen LogP contribution in [0.3, 0.4) is 0 Å². The van der Waals surface area contributed by atoms with Crippen LogP contribution < -0.4 is 4.74 Å². The smallest absolute Gasteiger partial charge is 0.193 e. The molecule has 0 radical (unpaired) electrons. The zero-order chi connectivity index (χ0) is 15.2. The van der Waals surface area contributed by atoms with E-state index in [0.717, 1.165) is 12.2 Å². The maximum atomic E-state index is 12.3. The van der Waals surface area contributed by atoms with Gasteiger partial charge in [-0.3, -0.25) is 4.79 Å². The van der Waals surface area contributed by atoms with Gasteiger partial charge < -0.3 is 4.74 Å². The van der Waals surface area contributed by atoms with Crippen molar-refractivity contribution in [2.24, 2.45) is 0 Å². The third-order valence-corrected chi connectivity index (χ3v) is 3.86. The Kier molecular flexibility index (Phi) is 6.00. The van der Waals surface area contributed by atoms with Crippen LogP contribution in [0.15, 0.2) is 54.6 Å². The van der Waals surface area contributed by atoms with Crippen LogP contribution in [-0.2, 0) is 0 Å². The second-order valence-electron chi connectivity index (χ2n) is 4.76. The second-order valence-corrected chi connectivity index (χ2v) is 7.35. The van der Waals surface area contributed by atoms with E-state index in [4.69, 9.17) is 4.74 Å². The molecule has 0 fully saturated rings. The number of hydrogen-bond acceptors (Lipinski definition) is 2. The lowest BCUT2D eigenvalue weighted by molar-refractivity contribution is 0.103. The van der Waals surface area contributed by atoms with Gasteiger partial charge in [-0.25, -0.2) is 0 Å². The lowest BCUT2D eigenvalue weighted by Gasteiger charge is -2.14. The Hall–Kier alpha value is -1.13. The molecule has 2 unspecified atom stereocenters. The molecule has 0 spiro atoms. The first-order chi connectivity index (χ1) is 10.1. The molecule has 110 valence electrons. The molecule has 2 nitrogen and oxygen atoms in total. The summed E-state index contributed by atoms with van der Waals surface area (Å²) >= 11 is 6.97. The average molecular weight is 412 g/mol. The molecule has 21 heavy (non-hydrogen) atoms. The van der Waals surface area contributed by atoms with E-state index < -0.39 is 0 Å². The summed E-state index contributed by atoms with van der Waals surface area (Å²) in [4.78, 5) is 12.6. The molecule has 2 rings (SSSR count). The largest absolute Gasteiger partial charge is 0.479 e. The number of carbonyl (C=O) groups excluding carboxylic acids is 1. The molecule has 4 heteroatoms. The maximum absolute atomic E-state index is 12.3. The monoisotopic (exact) mass is 410 g/mol. The number of ketones is 1. The summed E-state index contributed by atoms with van der Waals surface area (Å²) in [7, 11) is 0.